The van der Waals surface area contributed by atoms with Gasteiger partial charge < -0.3 is 4.90 Å². The predicted octanol–water partition coefficient (Wildman–Crippen LogP) is 1.98. The summed E-state index contributed by atoms with van der Waals surface area (Å²) in [6.45, 7) is 11.5. The zero-order valence-corrected chi connectivity index (χ0v) is 10.1. The number of hydrogen-bond donors (Lipinski definition) is 0. The summed E-state index contributed by atoms with van der Waals surface area (Å²) in [5, 5.41) is 0. The molecule has 0 spiro atoms. The van der Waals surface area contributed by atoms with Crippen LogP contribution < -0.4 is 0 Å². The van der Waals surface area contributed by atoms with Crippen LogP contribution in [0.25, 0.3) is 0 Å². The van der Waals surface area contributed by atoms with Gasteiger partial charge in [0.15, 0.2) is 0 Å². The average molecular weight is 196 g/mol. The summed E-state index contributed by atoms with van der Waals surface area (Å²) in [4.78, 5) is 4.94. The van der Waals surface area contributed by atoms with Crippen molar-refractivity contribution in [1.82, 2.24) is 9.80 Å². The molecule has 2 nitrogen and oxygen atoms in total. The molecule has 1 rings (SSSR count). The second-order valence-electron chi connectivity index (χ2n) is 5.15. The number of hydrogen-bond acceptors (Lipinski definition) is 2. The van der Waals surface area contributed by atoms with Gasteiger partial charge in [-0.1, -0.05) is 12.2 Å². The fourth-order valence-electron chi connectivity index (χ4n) is 1.52. The van der Waals surface area contributed by atoms with Crippen molar-refractivity contribution in [3.8, 4) is 0 Å². The zero-order chi connectivity index (χ0) is 10.6. The number of nitrogens with zero attached hydrogens (tertiary/aromatic N) is 2. The lowest BCUT2D eigenvalue weighted by atomic mass is 10.1. The van der Waals surface area contributed by atoms with Crippen LogP contribution in [0.1, 0.15) is 27.2 Å². The smallest absolute Gasteiger partial charge is 0.0163 e. The Morgan fingerprint density at radius 2 is 2.00 bits per heavy atom. The van der Waals surface area contributed by atoms with E-state index in [0.29, 0.717) is 5.54 Å². The SMILES string of the molecule is CN(CCN1CC=CCC1)C(C)(C)C. The van der Waals surface area contributed by atoms with Crippen molar-refractivity contribution >= 4 is 0 Å². The fourth-order valence-corrected chi connectivity index (χ4v) is 1.52. The van der Waals surface area contributed by atoms with Crippen molar-refractivity contribution in [2.75, 3.05) is 33.2 Å². The quantitative estimate of drug-likeness (QED) is 0.637. The summed E-state index contributed by atoms with van der Waals surface area (Å²) in [5.74, 6) is 0. The molecule has 0 unspecified atom stereocenters. The Balaban J connectivity index is 2.23. The maximum Gasteiger partial charge on any atom is 0.0163 e. The number of rotatable bonds is 3. The highest BCUT2D eigenvalue weighted by atomic mass is 15.2. The van der Waals surface area contributed by atoms with E-state index >= 15 is 0 Å². The second kappa shape index (κ2) is 4.94. The van der Waals surface area contributed by atoms with E-state index in [2.05, 4.69) is 49.8 Å². The molecule has 2 heteroatoms. The normalized spacial score (nSPS) is 19.2. The molecular weight excluding hydrogens is 172 g/mol. The summed E-state index contributed by atoms with van der Waals surface area (Å²) in [5.41, 5.74) is 0.297. The van der Waals surface area contributed by atoms with Gasteiger partial charge in [0.25, 0.3) is 0 Å². The van der Waals surface area contributed by atoms with Crippen LogP contribution in [-0.4, -0.2) is 48.6 Å². The van der Waals surface area contributed by atoms with Crippen molar-refractivity contribution in [2.24, 2.45) is 0 Å². The van der Waals surface area contributed by atoms with Crippen LogP contribution in [-0.2, 0) is 0 Å². The lowest BCUT2D eigenvalue weighted by Gasteiger charge is -2.34. The lowest BCUT2D eigenvalue weighted by Crippen LogP contribution is -2.43. The summed E-state index contributed by atoms with van der Waals surface area (Å²) in [6, 6.07) is 0. The molecule has 0 N–H and O–H groups in total. The van der Waals surface area contributed by atoms with Crippen LogP contribution >= 0.6 is 0 Å². The van der Waals surface area contributed by atoms with Crippen molar-refractivity contribution < 1.29 is 0 Å². The topological polar surface area (TPSA) is 6.48 Å². The molecule has 0 fully saturated rings. The summed E-state index contributed by atoms with van der Waals surface area (Å²) < 4.78 is 0. The van der Waals surface area contributed by atoms with Gasteiger partial charge in [-0.05, 0) is 34.2 Å². The van der Waals surface area contributed by atoms with E-state index in [4.69, 9.17) is 0 Å². The summed E-state index contributed by atoms with van der Waals surface area (Å²) in [7, 11) is 2.21. The first-order chi connectivity index (χ1) is 6.50. The van der Waals surface area contributed by atoms with Gasteiger partial charge in [-0.2, -0.15) is 0 Å². The standard InChI is InChI=1S/C12H24N2/c1-12(2,3)13(4)10-11-14-8-6-5-7-9-14/h5-6H,7-11H2,1-4H3. The first kappa shape index (κ1) is 11.7. The van der Waals surface area contributed by atoms with Gasteiger partial charge in [0, 0.05) is 31.7 Å². The van der Waals surface area contributed by atoms with Gasteiger partial charge in [0.05, 0.1) is 0 Å². The highest BCUT2D eigenvalue weighted by molar-refractivity contribution is 4.91. The minimum Gasteiger partial charge on any atom is -0.300 e. The first-order valence-corrected chi connectivity index (χ1v) is 5.59. The van der Waals surface area contributed by atoms with Crippen LogP contribution in [0.3, 0.4) is 0 Å². The Bertz CT molecular complexity index is 191. The highest BCUT2D eigenvalue weighted by Crippen LogP contribution is 2.10. The van der Waals surface area contributed by atoms with Gasteiger partial charge >= 0.3 is 0 Å². The number of likely N-dealkylation sites (N-methyl/N-ethyl adjacent to an activating group) is 1. The van der Waals surface area contributed by atoms with Crippen molar-refractivity contribution in [3.05, 3.63) is 12.2 Å². The first-order valence-electron chi connectivity index (χ1n) is 5.59. The second-order valence-corrected chi connectivity index (χ2v) is 5.15. The summed E-state index contributed by atoms with van der Waals surface area (Å²) >= 11 is 0. The van der Waals surface area contributed by atoms with E-state index in [0.717, 1.165) is 13.1 Å². The molecule has 1 heterocycles. The molecular formula is C12H24N2. The van der Waals surface area contributed by atoms with E-state index in [1.807, 2.05) is 0 Å². The summed E-state index contributed by atoms with van der Waals surface area (Å²) in [6.07, 6.45) is 5.78. The third-order valence-electron chi connectivity index (χ3n) is 3.04. The molecule has 0 saturated carbocycles. The molecule has 0 aromatic heterocycles. The van der Waals surface area contributed by atoms with Crippen molar-refractivity contribution in [1.29, 1.82) is 0 Å². The highest BCUT2D eigenvalue weighted by Gasteiger charge is 2.17. The van der Waals surface area contributed by atoms with E-state index in [-0.39, 0.29) is 0 Å². The molecule has 0 radical (unpaired) electrons. The van der Waals surface area contributed by atoms with Crippen molar-refractivity contribution in [2.45, 2.75) is 32.7 Å². The Morgan fingerprint density at radius 1 is 1.29 bits per heavy atom. The minimum absolute atomic E-state index is 0.297. The maximum absolute atomic E-state index is 2.52. The molecule has 0 atom stereocenters. The van der Waals surface area contributed by atoms with E-state index in [9.17, 15) is 0 Å². The molecule has 0 aromatic rings. The molecule has 82 valence electrons. The van der Waals surface area contributed by atoms with Gasteiger partial charge in [-0.25, -0.2) is 0 Å². The average Bonchev–Trinajstić information content (AvgIpc) is 2.14. The van der Waals surface area contributed by atoms with Crippen LogP contribution in [0.4, 0.5) is 0 Å². The Morgan fingerprint density at radius 3 is 2.50 bits per heavy atom. The molecule has 0 aliphatic carbocycles. The van der Waals surface area contributed by atoms with E-state index < -0.39 is 0 Å². The van der Waals surface area contributed by atoms with Crippen LogP contribution in [0.5, 0.6) is 0 Å². The zero-order valence-electron chi connectivity index (χ0n) is 10.1. The third kappa shape index (κ3) is 3.81. The maximum atomic E-state index is 2.52. The molecule has 14 heavy (non-hydrogen) atoms. The largest absolute Gasteiger partial charge is 0.300 e. The third-order valence-corrected chi connectivity index (χ3v) is 3.04. The fraction of sp³-hybridized carbons (Fsp3) is 0.833. The molecule has 1 aliphatic rings. The monoisotopic (exact) mass is 196 g/mol. The minimum atomic E-state index is 0.297. The Kier molecular flexibility index (Phi) is 4.14. The van der Waals surface area contributed by atoms with Gasteiger partial charge in [0.1, 0.15) is 0 Å². The Labute approximate surface area is 88.6 Å². The lowest BCUT2D eigenvalue weighted by molar-refractivity contribution is 0.149. The molecule has 0 aromatic carbocycles. The molecule has 0 amide bonds. The van der Waals surface area contributed by atoms with Crippen LogP contribution in [0.15, 0.2) is 12.2 Å². The molecule has 1 aliphatic heterocycles. The molecule has 0 saturated heterocycles. The van der Waals surface area contributed by atoms with Crippen LogP contribution in [0.2, 0.25) is 0 Å². The van der Waals surface area contributed by atoms with Gasteiger partial charge in [0.2, 0.25) is 0 Å². The van der Waals surface area contributed by atoms with E-state index in [1.165, 1.54) is 19.5 Å². The van der Waals surface area contributed by atoms with Crippen LogP contribution in [0, 0.1) is 0 Å². The van der Waals surface area contributed by atoms with Gasteiger partial charge in [-0.3, -0.25) is 4.90 Å². The van der Waals surface area contributed by atoms with Crippen molar-refractivity contribution in [3.63, 3.8) is 0 Å². The Hall–Kier alpha value is -0.340. The van der Waals surface area contributed by atoms with E-state index in [1.54, 1.807) is 0 Å². The van der Waals surface area contributed by atoms with Gasteiger partial charge in [-0.15, -0.1) is 0 Å². The predicted molar refractivity (Wildman–Crippen MR) is 62.6 cm³/mol. The molecule has 0 bridgehead atoms.